The summed E-state index contributed by atoms with van der Waals surface area (Å²) >= 11 is 3.54. The van der Waals surface area contributed by atoms with Crippen LogP contribution in [0.4, 0.5) is 0 Å². The van der Waals surface area contributed by atoms with Crippen LogP contribution in [0.2, 0.25) is 0 Å². The Labute approximate surface area is 164 Å². The maximum atomic E-state index is 13.3. The van der Waals surface area contributed by atoms with E-state index >= 15 is 0 Å². The quantitative estimate of drug-likeness (QED) is 0.697. The molecule has 4 nitrogen and oxygen atoms in total. The van der Waals surface area contributed by atoms with Crippen LogP contribution in [0.3, 0.4) is 0 Å². The number of likely N-dealkylation sites (tertiary alicyclic amines) is 2. The second kappa shape index (κ2) is 7.95. The summed E-state index contributed by atoms with van der Waals surface area (Å²) in [5.41, 5.74) is 1.09. The maximum Gasteiger partial charge on any atom is 0.245 e. The Morgan fingerprint density at radius 1 is 1.35 bits per heavy atom. The molecule has 0 aromatic heterocycles. The number of amides is 2. The fraction of sp³-hybridized carbons (Fsp3) is 0.524. The first-order chi connectivity index (χ1) is 12.4. The van der Waals surface area contributed by atoms with Gasteiger partial charge in [-0.1, -0.05) is 34.6 Å². The molecular weight excluding hydrogens is 392 g/mol. The molecule has 3 rings (SSSR count). The highest BCUT2D eigenvalue weighted by Crippen LogP contribution is 2.35. The number of piperidine rings is 1. The van der Waals surface area contributed by atoms with Gasteiger partial charge in [0.25, 0.3) is 0 Å². The van der Waals surface area contributed by atoms with Crippen molar-refractivity contribution in [2.75, 3.05) is 19.6 Å². The number of carbonyl (C=O) groups excluding carboxylic acids is 2. The molecule has 0 aliphatic carbocycles. The van der Waals surface area contributed by atoms with Gasteiger partial charge in [-0.2, -0.15) is 0 Å². The average molecular weight is 419 g/mol. The van der Waals surface area contributed by atoms with E-state index in [1.807, 2.05) is 12.1 Å². The SMILES string of the molecule is C=CC(=O)N1CCCC(C(=O)N2CCCC2(C)Cc2cccc(Br)c2)C1. The lowest BCUT2D eigenvalue weighted by Crippen LogP contribution is -2.52. The van der Waals surface area contributed by atoms with Crippen molar-refractivity contribution in [3.8, 4) is 0 Å². The van der Waals surface area contributed by atoms with Gasteiger partial charge in [0, 0.05) is 29.6 Å². The number of benzene rings is 1. The summed E-state index contributed by atoms with van der Waals surface area (Å²) < 4.78 is 1.07. The highest BCUT2D eigenvalue weighted by atomic mass is 79.9. The van der Waals surface area contributed by atoms with E-state index < -0.39 is 0 Å². The normalized spacial score (nSPS) is 26.0. The Morgan fingerprint density at radius 3 is 2.88 bits per heavy atom. The van der Waals surface area contributed by atoms with Crippen LogP contribution >= 0.6 is 15.9 Å². The summed E-state index contributed by atoms with van der Waals surface area (Å²) in [6, 6.07) is 8.33. The third-order valence-corrected chi connectivity index (χ3v) is 6.24. The number of hydrogen-bond acceptors (Lipinski definition) is 2. The van der Waals surface area contributed by atoms with E-state index in [9.17, 15) is 9.59 Å². The van der Waals surface area contributed by atoms with Gasteiger partial charge in [-0.25, -0.2) is 0 Å². The first kappa shape index (κ1) is 19.2. The van der Waals surface area contributed by atoms with Gasteiger partial charge in [-0.05, 0) is 62.8 Å². The van der Waals surface area contributed by atoms with E-state index in [2.05, 4.69) is 46.5 Å². The number of rotatable bonds is 4. The number of hydrogen-bond donors (Lipinski definition) is 0. The van der Waals surface area contributed by atoms with Crippen molar-refractivity contribution >= 4 is 27.7 Å². The predicted molar refractivity (Wildman–Crippen MR) is 107 cm³/mol. The van der Waals surface area contributed by atoms with Crippen LogP contribution in [0.1, 0.15) is 38.2 Å². The van der Waals surface area contributed by atoms with Crippen LogP contribution in [0.15, 0.2) is 41.4 Å². The highest BCUT2D eigenvalue weighted by Gasteiger charge is 2.42. The third-order valence-electron chi connectivity index (χ3n) is 5.75. The van der Waals surface area contributed by atoms with Gasteiger partial charge in [-0.3, -0.25) is 9.59 Å². The summed E-state index contributed by atoms with van der Waals surface area (Å²) in [5.74, 6) is 0.0509. The monoisotopic (exact) mass is 418 g/mol. The van der Waals surface area contributed by atoms with Gasteiger partial charge < -0.3 is 9.80 Å². The van der Waals surface area contributed by atoms with E-state index in [1.54, 1.807) is 4.90 Å². The van der Waals surface area contributed by atoms with E-state index in [-0.39, 0.29) is 23.3 Å². The van der Waals surface area contributed by atoms with E-state index in [4.69, 9.17) is 0 Å². The first-order valence-corrected chi connectivity index (χ1v) is 10.2. The molecule has 2 aliphatic heterocycles. The zero-order valence-electron chi connectivity index (χ0n) is 15.4. The van der Waals surface area contributed by atoms with Crippen molar-refractivity contribution in [1.82, 2.24) is 9.80 Å². The Balaban J connectivity index is 1.73. The van der Waals surface area contributed by atoms with Crippen LogP contribution in [-0.2, 0) is 16.0 Å². The average Bonchev–Trinajstić information content (AvgIpc) is 3.01. The van der Waals surface area contributed by atoms with Gasteiger partial charge in [0.05, 0.1) is 5.92 Å². The van der Waals surface area contributed by atoms with Crippen molar-refractivity contribution in [3.63, 3.8) is 0 Å². The van der Waals surface area contributed by atoms with Gasteiger partial charge in [0.2, 0.25) is 11.8 Å². The fourth-order valence-corrected chi connectivity index (χ4v) is 4.84. The van der Waals surface area contributed by atoms with Gasteiger partial charge in [0.1, 0.15) is 0 Å². The summed E-state index contributed by atoms with van der Waals surface area (Å²) in [5, 5.41) is 0. The van der Waals surface area contributed by atoms with Crippen molar-refractivity contribution in [2.45, 2.75) is 44.6 Å². The molecule has 2 atom stereocenters. The third kappa shape index (κ3) is 4.03. The van der Waals surface area contributed by atoms with Crippen LogP contribution in [0.5, 0.6) is 0 Å². The molecule has 2 unspecified atom stereocenters. The minimum atomic E-state index is -0.150. The summed E-state index contributed by atoms with van der Waals surface area (Å²) in [4.78, 5) is 29.1. The van der Waals surface area contributed by atoms with Gasteiger partial charge in [-0.15, -0.1) is 0 Å². The molecule has 0 bridgehead atoms. The molecule has 0 spiro atoms. The van der Waals surface area contributed by atoms with Crippen molar-refractivity contribution in [3.05, 3.63) is 47.0 Å². The molecule has 140 valence electrons. The second-order valence-electron chi connectivity index (χ2n) is 7.72. The second-order valence-corrected chi connectivity index (χ2v) is 8.64. The van der Waals surface area contributed by atoms with Crippen LogP contribution in [-0.4, -0.2) is 46.8 Å². The molecule has 1 aromatic carbocycles. The summed E-state index contributed by atoms with van der Waals surface area (Å²) in [6.45, 7) is 7.83. The molecule has 2 saturated heterocycles. The zero-order valence-corrected chi connectivity index (χ0v) is 17.0. The lowest BCUT2D eigenvalue weighted by Gasteiger charge is -2.40. The topological polar surface area (TPSA) is 40.6 Å². The molecule has 0 radical (unpaired) electrons. The van der Waals surface area contributed by atoms with Crippen molar-refractivity contribution < 1.29 is 9.59 Å². The lowest BCUT2D eigenvalue weighted by atomic mass is 9.88. The van der Waals surface area contributed by atoms with Crippen LogP contribution in [0.25, 0.3) is 0 Å². The fourth-order valence-electron chi connectivity index (χ4n) is 4.40. The molecule has 2 amide bonds. The predicted octanol–water partition coefficient (Wildman–Crippen LogP) is 3.80. The Morgan fingerprint density at radius 2 is 2.15 bits per heavy atom. The van der Waals surface area contributed by atoms with Crippen molar-refractivity contribution in [1.29, 1.82) is 0 Å². The van der Waals surface area contributed by atoms with Crippen molar-refractivity contribution in [2.24, 2.45) is 5.92 Å². The molecular formula is C21H27BrN2O2. The smallest absolute Gasteiger partial charge is 0.245 e. The largest absolute Gasteiger partial charge is 0.338 e. The Kier molecular flexibility index (Phi) is 5.86. The Bertz CT molecular complexity index is 705. The van der Waals surface area contributed by atoms with E-state index in [1.165, 1.54) is 11.6 Å². The molecule has 2 heterocycles. The molecule has 26 heavy (non-hydrogen) atoms. The zero-order chi connectivity index (χ0) is 18.7. The molecule has 1 aromatic rings. The standard InChI is InChI=1S/C21H27BrN2O2/c1-3-19(25)23-11-5-8-17(15-23)20(26)24-12-6-10-21(24,2)14-16-7-4-9-18(22)13-16/h3-4,7,9,13,17H,1,5-6,8,10-12,14-15H2,2H3. The molecule has 2 aliphatic rings. The first-order valence-electron chi connectivity index (χ1n) is 9.40. The summed E-state index contributed by atoms with van der Waals surface area (Å²) in [6.07, 6.45) is 6.02. The van der Waals surface area contributed by atoms with E-state index in [0.717, 1.165) is 49.7 Å². The van der Waals surface area contributed by atoms with Gasteiger partial charge in [0.15, 0.2) is 0 Å². The van der Waals surface area contributed by atoms with E-state index in [0.29, 0.717) is 6.54 Å². The highest BCUT2D eigenvalue weighted by molar-refractivity contribution is 9.10. The molecule has 2 fully saturated rings. The van der Waals surface area contributed by atoms with Gasteiger partial charge >= 0.3 is 0 Å². The van der Waals surface area contributed by atoms with Crippen LogP contribution < -0.4 is 0 Å². The number of halogens is 1. The number of carbonyl (C=O) groups is 2. The summed E-state index contributed by atoms with van der Waals surface area (Å²) in [7, 11) is 0. The molecule has 0 N–H and O–H groups in total. The molecule has 5 heteroatoms. The minimum absolute atomic E-state index is 0.0687. The lowest BCUT2D eigenvalue weighted by molar-refractivity contribution is -0.142. The Hall–Kier alpha value is -1.62. The van der Waals surface area contributed by atoms with Crippen LogP contribution in [0, 0.1) is 5.92 Å². The maximum absolute atomic E-state index is 13.3. The molecule has 0 saturated carbocycles. The minimum Gasteiger partial charge on any atom is -0.338 e. The number of nitrogens with zero attached hydrogens (tertiary/aromatic N) is 2.